The van der Waals surface area contributed by atoms with Gasteiger partial charge in [-0.2, -0.15) is 0 Å². The molecule has 2 nitrogen and oxygen atoms in total. The first-order valence-electron chi connectivity index (χ1n) is 5.42. The van der Waals surface area contributed by atoms with E-state index in [1.807, 2.05) is 30.3 Å². The van der Waals surface area contributed by atoms with E-state index < -0.39 is 0 Å². The van der Waals surface area contributed by atoms with Gasteiger partial charge in [-0.3, -0.25) is 0 Å². The van der Waals surface area contributed by atoms with E-state index in [2.05, 4.69) is 35.1 Å². The predicted molar refractivity (Wildman–Crippen MR) is 66.8 cm³/mol. The third kappa shape index (κ3) is 2.76. The summed E-state index contributed by atoms with van der Waals surface area (Å²) in [6, 6.07) is 12.2. The summed E-state index contributed by atoms with van der Waals surface area (Å²) >= 11 is 0. The first-order valence-corrected chi connectivity index (χ1v) is 5.42. The molecule has 0 aliphatic heterocycles. The summed E-state index contributed by atoms with van der Waals surface area (Å²) in [4.78, 5) is 8.37. The van der Waals surface area contributed by atoms with Crippen molar-refractivity contribution in [2.24, 2.45) is 0 Å². The monoisotopic (exact) mass is 210 g/mol. The van der Waals surface area contributed by atoms with Gasteiger partial charge in [0.15, 0.2) is 0 Å². The van der Waals surface area contributed by atoms with Crippen LogP contribution in [0.4, 0.5) is 0 Å². The van der Waals surface area contributed by atoms with Crippen LogP contribution in [0, 0.1) is 0 Å². The molecule has 16 heavy (non-hydrogen) atoms. The Hall–Kier alpha value is -1.96. The van der Waals surface area contributed by atoms with E-state index in [9.17, 15) is 0 Å². The van der Waals surface area contributed by atoms with E-state index in [-0.39, 0.29) is 0 Å². The third-order valence-corrected chi connectivity index (χ3v) is 2.35. The zero-order valence-corrected chi connectivity index (χ0v) is 9.30. The van der Waals surface area contributed by atoms with E-state index in [4.69, 9.17) is 0 Å². The molecule has 0 atom stereocenters. The topological polar surface area (TPSA) is 25.8 Å². The maximum atomic E-state index is 4.20. The van der Waals surface area contributed by atoms with Gasteiger partial charge >= 0.3 is 0 Å². The molecule has 0 N–H and O–H groups in total. The zero-order chi connectivity index (χ0) is 11.2. The second-order valence-electron chi connectivity index (χ2n) is 3.53. The van der Waals surface area contributed by atoms with E-state index in [0.29, 0.717) is 0 Å². The molecule has 0 aliphatic rings. The Kier molecular flexibility index (Phi) is 3.44. The highest BCUT2D eigenvalue weighted by molar-refractivity contribution is 5.67. The van der Waals surface area contributed by atoms with Crippen LogP contribution < -0.4 is 0 Å². The van der Waals surface area contributed by atoms with Gasteiger partial charge in [-0.05, 0) is 24.1 Å². The Morgan fingerprint density at radius 3 is 2.62 bits per heavy atom. The SMILES string of the molecule is CCc1cc(C=Cc2ccccc2)ncn1. The van der Waals surface area contributed by atoms with E-state index in [1.54, 1.807) is 6.33 Å². The van der Waals surface area contributed by atoms with E-state index in [1.165, 1.54) is 5.56 Å². The van der Waals surface area contributed by atoms with Crippen LogP contribution in [0.25, 0.3) is 12.2 Å². The van der Waals surface area contributed by atoms with Gasteiger partial charge in [0, 0.05) is 5.69 Å². The summed E-state index contributed by atoms with van der Waals surface area (Å²) in [5, 5.41) is 0. The van der Waals surface area contributed by atoms with Crippen LogP contribution >= 0.6 is 0 Å². The van der Waals surface area contributed by atoms with Crippen molar-refractivity contribution in [3.63, 3.8) is 0 Å². The van der Waals surface area contributed by atoms with Crippen LogP contribution in [-0.2, 0) is 6.42 Å². The van der Waals surface area contributed by atoms with Crippen LogP contribution in [0.1, 0.15) is 23.9 Å². The molecular weight excluding hydrogens is 196 g/mol. The molecule has 0 unspecified atom stereocenters. The van der Waals surface area contributed by atoms with Gasteiger partial charge in [-0.15, -0.1) is 0 Å². The first kappa shape index (κ1) is 10.6. The van der Waals surface area contributed by atoms with Gasteiger partial charge in [0.05, 0.1) is 5.69 Å². The number of nitrogens with zero attached hydrogens (tertiary/aromatic N) is 2. The number of hydrogen-bond acceptors (Lipinski definition) is 2. The molecule has 0 aliphatic carbocycles. The van der Waals surface area contributed by atoms with Crippen molar-refractivity contribution < 1.29 is 0 Å². The van der Waals surface area contributed by atoms with Gasteiger partial charge in [0.25, 0.3) is 0 Å². The molecule has 0 amide bonds. The summed E-state index contributed by atoms with van der Waals surface area (Å²) in [5.74, 6) is 0. The quantitative estimate of drug-likeness (QED) is 0.777. The maximum absolute atomic E-state index is 4.20. The van der Waals surface area contributed by atoms with E-state index >= 15 is 0 Å². The molecule has 0 saturated carbocycles. The number of rotatable bonds is 3. The van der Waals surface area contributed by atoms with Gasteiger partial charge in [0.1, 0.15) is 6.33 Å². The Balaban J connectivity index is 2.17. The summed E-state index contributed by atoms with van der Waals surface area (Å²) in [5.41, 5.74) is 3.21. The molecule has 0 radical (unpaired) electrons. The van der Waals surface area contributed by atoms with Crippen LogP contribution in [0.5, 0.6) is 0 Å². The molecule has 0 bridgehead atoms. The average molecular weight is 210 g/mol. The molecule has 0 saturated heterocycles. The fourth-order valence-electron chi connectivity index (χ4n) is 1.45. The Morgan fingerprint density at radius 1 is 1.06 bits per heavy atom. The molecule has 2 heteroatoms. The van der Waals surface area contributed by atoms with Crippen LogP contribution in [0.2, 0.25) is 0 Å². The molecule has 1 heterocycles. The largest absolute Gasteiger partial charge is 0.241 e. The normalized spacial score (nSPS) is 10.8. The predicted octanol–water partition coefficient (Wildman–Crippen LogP) is 3.21. The zero-order valence-electron chi connectivity index (χ0n) is 9.30. The Bertz CT molecular complexity index is 475. The molecule has 0 spiro atoms. The minimum absolute atomic E-state index is 0.939. The average Bonchev–Trinajstić information content (AvgIpc) is 2.38. The lowest BCUT2D eigenvalue weighted by Crippen LogP contribution is -1.89. The molecule has 2 rings (SSSR count). The summed E-state index contributed by atoms with van der Waals surface area (Å²) < 4.78 is 0. The minimum Gasteiger partial charge on any atom is -0.241 e. The number of benzene rings is 1. The van der Waals surface area contributed by atoms with E-state index in [0.717, 1.165) is 17.8 Å². The van der Waals surface area contributed by atoms with Crippen molar-refractivity contribution in [2.75, 3.05) is 0 Å². The lowest BCUT2D eigenvalue weighted by molar-refractivity contribution is 0.993. The van der Waals surface area contributed by atoms with Gasteiger partial charge in [-0.1, -0.05) is 43.3 Å². The Labute approximate surface area is 95.7 Å². The lowest BCUT2D eigenvalue weighted by atomic mass is 10.2. The molecule has 80 valence electrons. The number of aryl methyl sites for hydroxylation is 1. The highest BCUT2D eigenvalue weighted by atomic mass is 14.8. The van der Waals surface area contributed by atoms with Crippen molar-refractivity contribution in [3.8, 4) is 0 Å². The molecule has 2 aromatic rings. The highest BCUT2D eigenvalue weighted by Crippen LogP contribution is 2.06. The molecular formula is C14H14N2. The van der Waals surface area contributed by atoms with Crippen molar-refractivity contribution >= 4 is 12.2 Å². The van der Waals surface area contributed by atoms with Crippen LogP contribution in [-0.4, -0.2) is 9.97 Å². The second kappa shape index (κ2) is 5.21. The van der Waals surface area contributed by atoms with Crippen molar-refractivity contribution in [3.05, 3.63) is 59.7 Å². The standard InChI is InChI=1S/C14H14N2/c1-2-13-10-14(16-11-15-13)9-8-12-6-4-3-5-7-12/h3-11H,2H2,1H3. The number of hydrogen-bond donors (Lipinski definition) is 0. The van der Waals surface area contributed by atoms with Gasteiger partial charge in [0.2, 0.25) is 0 Å². The van der Waals surface area contributed by atoms with Crippen LogP contribution in [0.15, 0.2) is 42.7 Å². The van der Waals surface area contributed by atoms with Crippen molar-refractivity contribution in [1.29, 1.82) is 0 Å². The molecule has 1 aromatic carbocycles. The van der Waals surface area contributed by atoms with Gasteiger partial charge < -0.3 is 0 Å². The second-order valence-corrected chi connectivity index (χ2v) is 3.53. The maximum Gasteiger partial charge on any atom is 0.116 e. The molecule has 0 fully saturated rings. The summed E-state index contributed by atoms with van der Waals surface area (Å²) in [6.45, 7) is 2.09. The fraction of sp³-hybridized carbons (Fsp3) is 0.143. The fourth-order valence-corrected chi connectivity index (χ4v) is 1.45. The van der Waals surface area contributed by atoms with Crippen molar-refractivity contribution in [2.45, 2.75) is 13.3 Å². The number of aromatic nitrogens is 2. The minimum atomic E-state index is 0.939. The summed E-state index contributed by atoms with van der Waals surface area (Å²) in [7, 11) is 0. The lowest BCUT2D eigenvalue weighted by Gasteiger charge is -1.96. The molecule has 1 aromatic heterocycles. The van der Waals surface area contributed by atoms with Crippen molar-refractivity contribution in [1.82, 2.24) is 9.97 Å². The van der Waals surface area contributed by atoms with Crippen LogP contribution in [0.3, 0.4) is 0 Å². The first-order chi connectivity index (χ1) is 7.88. The van der Waals surface area contributed by atoms with Gasteiger partial charge in [-0.25, -0.2) is 9.97 Å². The Morgan fingerprint density at radius 2 is 1.88 bits per heavy atom. The summed E-state index contributed by atoms with van der Waals surface area (Å²) in [6.07, 6.45) is 6.62. The third-order valence-electron chi connectivity index (χ3n) is 2.35. The highest BCUT2D eigenvalue weighted by Gasteiger charge is 1.92. The smallest absolute Gasteiger partial charge is 0.116 e.